The van der Waals surface area contributed by atoms with Crippen LogP contribution in [-0.4, -0.2) is 99.3 Å². The van der Waals surface area contributed by atoms with Crippen molar-refractivity contribution in [3.63, 3.8) is 0 Å². The fourth-order valence-electron chi connectivity index (χ4n) is 4.39. The number of guanidine groups is 2. The number of nitrogens with zero attached hydrogens (tertiary/aromatic N) is 1. The number of ether oxygens (including phenoxy) is 5. The molecular weight excluding hydrogens is 420 g/mol. The largest absolute Gasteiger partial charge is 0.390 e. The molecule has 32 heavy (non-hydrogen) atoms. The number of rotatable bonds is 11. The molecule has 0 amide bonds. The summed E-state index contributed by atoms with van der Waals surface area (Å²) in [6.45, 7) is 2.90. The lowest BCUT2D eigenvalue weighted by Crippen LogP contribution is -2.65. The van der Waals surface area contributed by atoms with Crippen LogP contribution in [0.25, 0.3) is 0 Å². The van der Waals surface area contributed by atoms with E-state index in [-0.39, 0.29) is 49.0 Å². The highest BCUT2D eigenvalue weighted by molar-refractivity contribution is 5.75. The number of nitrogens with one attached hydrogen (secondary N) is 2. The van der Waals surface area contributed by atoms with Gasteiger partial charge in [0.2, 0.25) is 0 Å². The fourth-order valence-corrected chi connectivity index (χ4v) is 4.39. The maximum Gasteiger partial charge on any atom is 0.185 e. The van der Waals surface area contributed by atoms with Gasteiger partial charge in [-0.15, -0.1) is 0 Å². The summed E-state index contributed by atoms with van der Waals surface area (Å²) in [7, 11) is 0. The van der Waals surface area contributed by atoms with Crippen LogP contribution in [0.15, 0.2) is 4.99 Å². The lowest BCUT2D eigenvalue weighted by molar-refractivity contribution is -0.307. The second kappa shape index (κ2) is 12.5. The fraction of sp³-hybridized carbons (Fsp3) is 0.900. The van der Waals surface area contributed by atoms with Gasteiger partial charge >= 0.3 is 0 Å². The number of hydrogen-bond donors (Lipinski definition) is 6. The Labute approximate surface area is 188 Å². The molecule has 0 aromatic heterocycles. The molecule has 3 rings (SSSR count). The molecule has 3 aliphatic rings. The average molecular weight is 459 g/mol. The number of aliphatic hydroxyl groups is 1. The van der Waals surface area contributed by atoms with Crippen LogP contribution in [0.1, 0.15) is 32.1 Å². The quantitative estimate of drug-likeness (QED) is 0.119. The molecule has 12 nitrogen and oxygen atoms in total. The van der Waals surface area contributed by atoms with Crippen molar-refractivity contribution in [2.75, 3.05) is 39.5 Å². The normalized spacial score (nSPS) is 34.2. The summed E-state index contributed by atoms with van der Waals surface area (Å²) in [6, 6.07) is 0. The third-order valence-electron chi connectivity index (χ3n) is 5.88. The molecule has 7 atom stereocenters. The van der Waals surface area contributed by atoms with Crippen molar-refractivity contribution in [2.45, 2.75) is 74.8 Å². The van der Waals surface area contributed by atoms with Crippen molar-refractivity contribution < 1.29 is 28.8 Å². The molecule has 0 aliphatic carbocycles. The van der Waals surface area contributed by atoms with Crippen LogP contribution in [-0.2, 0) is 23.7 Å². The standard InChI is InChI=1S/C20H38N6O6/c21-19(22)25-5-2-7-28-11-15-12(27)10-14-17(32-15)18(30-9-3-6-26-20(23)24)16-13(31-14)4-1-8-29-16/h12-18,27H,1-11H2,(H4,21,22,25)(H4,23,24,26)/t12-,13-,14+,15+,16-,17+,18+/m0/s1. The molecule has 0 radical (unpaired) electrons. The van der Waals surface area contributed by atoms with E-state index in [9.17, 15) is 5.11 Å². The van der Waals surface area contributed by atoms with Crippen LogP contribution in [0.2, 0.25) is 0 Å². The van der Waals surface area contributed by atoms with Gasteiger partial charge in [-0.1, -0.05) is 0 Å². The summed E-state index contributed by atoms with van der Waals surface area (Å²) >= 11 is 0. The zero-order chi connectivity index (χ0) is 22.9. The predicted octanol–water partition coefficient (Wildman–Crippen LogP) is -1.61. The van der Waals surface area contributed by atoms with Crippen molar-refractivity contribution in [1.29, 1.82) is 5.41 Å². The van der Waals surface area contributed by atoms with Crippen molar-refractivity contribution in [3.8, 4) is 0 Å². The Bertz CT molecular complexity index is 621. The highest BCUT2D eigenvalue weighted by atomic mass is 16.6. The second-order valence-electron chi connectivity index (χ2n) is 8.40. The van der Waals surface area contributed by atoms with Gasteiger partial charge in [0.1, 0.15) is 24.4 Å². The summed E-state index contributed by atoms with van der Waals surface area (Å²) in [5.41, 5.74) is 15.9. The number of aliphatic hydroxyl groups excluding tert-OH is 1. The van der Waals surface area contributed by atoms with E-state index in [1.165, 1.54) is 0 Å². The summed E-state index contributed by atoms with van der Waals surface area (Å²) in [5.74, 6) is 0.00304. The lowest BCUT2D eigenvalue weighted by Gasteiger charge is -2.51. The molecule has 3 fully saturated rings. The van der Waals surface area contributed by atoms with Crippen LogP contribution in [0.4, 0.5) is 0 Å². The number of aliphatic imine (C=N–C) groups is 1. The van der Waals surface area contributed by atoms with E-state index in [0.29, 0.717) is 52.2 Å². The van der Waals surface area contributed by atoms with Crippen LogP contribution >= 0.6 is 0 Å². The van der Waals surface area contributed by atoms with Gasteiger partial charge in [0, 0.05) is 39.3 Å². The first-order chi connectivity index (χ1) is 15.5. The molecule has 0 aromatic carbocycles. The van der Waals surface area contributed by atoms with Gasteiger partial charge in [-0.3, -0.25) is 10.4 Å². The minimum atomic E-state index is -0.685. The Balaban J connectivity index is 1.53. The van der Waals surface area contributed by atoms with E-state index in [1.54, 1.807) is 0 Å². The molecule has 184 valence electrons. The molecular formula is C20H38N6O6. The smallest absolute Gasteiger partial charge is 0.185 e. The third kappa shape index (κ3) is 7.15. The third-order valence-corrected chi connectivity index (χ3v) is 5.88. The van der Waals surface area contributed by atoms with Crippen molar-refractivity contribution in [2.24, 2.45) is 22.2 Å². The Morgan fingerprint density at radius 2 is 1.97 bits per heavy atom. The minimum Gasteiger partial charge on any atom is -0.390 e. The molecule has 0 saturated carbocycles. The van der Waals surface area contributed by atoms with Gasteiger partial charge in [0.25, 0.3) is 0 Å². The van der Waals surface area contributed by atoms with Gasteiger partial charge in [0.05, 0.1) is 24.9 Å². The highest BCUT2D eigenvalue weighted by Gasteiger charge is 2.52. The Kier molecular flexibility index (Phi) is 9.75. The van der Waals surface area contributed by atoms with Gasteiger partial charge in [-0.2, -0.15) is 0 Å². The van der Waals surface area contributed by atoms with E-state index < -0.39 is 12.2 Å². The van der Waals surface area contributed by atoms with Crippen molar-refractivity contribution in [1.82, 2.24) is 5.32 Å². The summed E-state index contributed by atoms with van der Waals surface area (Å²) < 4.78 is 30.5. The summed E-state index contributed by atoms with van der Waals surface area (Å²) in [4.78, 5) is 3.92. The first kappa shape index (κ1) is 24.9. The topological polar surface area (TPSA) is 193 Å². The summed E-state index contributed by atoms with van der Waals surface area (Å²) in [5, 5.41) is 20.6. The first-order valence-corrected chi connectivity index (χ1v) is 11.4. The molecule has 0 bridgehead atoms. The SMILES string of the molecule is N=C(N)NCCCO[C@@H]1[C@H]2OCCC[C@@H]2O[C@@H]2C[C@H](O)[C@@H](COCCCN=C(N)N)O[C@@H]12. The number of hydrogen-bond acceptors (Lipinski definition) is 8. The van der Waals surface area contributed by atoms with Crippen molar-refractivity contribution >= 4 is 11.9 Å². The lowest BCUT2D eigenvalue weighted by atomic mass is 9.86. The number of fused-ring (bicyclic) bond motifs is 2. The Hall–Kier alpha value is -1.70. The van der Waals surface area contributed by atoms with Crippen LogP contribution < -0.4 is 22.5 Å². The van der Waals surface area contributed by atoms with E-state index in [2.05, 4.69) is 10.3 Å². The number of nitrogens with two attached hydrogens (primary N) is 3. The first-order valence-electron chi connectivity index (χ1n) is 11.4. The zero-order valence-electron chi connectivity index (χ0n) is 18.5. The minimum absolute atomic E-state index is 0.0578. The molecule has 12 heteroatoms. The van der Waals surface area contributed by atoms with Gasteiger partial charge in [-0.25, -0.2) is 0 Å². The second-order valence-corrected chi connectivity index (χ2v) is 8.40. The Morgan fingerprint density at radius 1 is 1.12 bits per heavy atom. The van der Waals surface area contributed by atoms with Crippen LogP contribution in [0.3, 0.4) is 0 Å². The maximum absolute atomic E-state index is 10.6. The van der Waals surface area contributed by atoms with E-state index in [1.807, 2.05) is 0 Å². The molecule has 9 N–H and O–H groups in total. The molecule has 3 aliphatic heterocycles. The van der Waals surface area contributed by atoms with Gasteiger partial charge < -0.3 is 51.3 Å². The monoisotopic (exact) mass is 458 g/mol. The van der Waals surface area contributed by atoms with Crippen LogP contribution in [0.5, 0.6) is 0 Å². The highest BCUT2D eigenvalue weighted by Crippen LogP contribution is 2.37. The van der Waals surface area contributed by atoms with E-state index in [4.69, 9.17) is 46.3 Å². The average Bonchev–Trinajstić information content (AvgIpc) is 2.75. The molecule has 0 aromatic rings. The molecule has 0 unspecified atom stereocenters. The van der Waals surface area contributed by atoms with Gasteiger partial charge in [-0.05, 0) is 25.7 Å². The Morgan fingerprint density at radius 3 is 2.75 bits per heavy atom. The summed E-state index contributed by atoms with van der Waals surface area (Å²) in [6.07, 6.45) is 1.32. The predicted molar refractivity (Wildman–Crippen MR) is 117 cm³/mol. The molecule has 0 spiro atoms. The molecule has 3 heterocycles. The van der Waals surface area contributed by atoms with Crippen molar-refractivity contribution in [3.05, 3.63) is 0 Å². The van der Waals surface area contributed by atoms with Gasteiger partial charge in [0.15, 0.2) is 11.9 Å². The maximum atomic E-state index is 10.6. The zero-order valence-corrected chi connectivity index (χ0v) is 18.5. The van der Waals surface area contributed by atoms with E-state index in [0.717, 1.165) is 12.8 Å². The van der Waals surface area contributed by atoms with E-state index >= 15 is 0 Å². The van der Waals surface area contributed by atoms with Crippen LogP contribution in [0, 0.1) is 5.41 Å². The molecule has 3 saturated heterocycles.